The van der Waals surface area contributed by atoms with Gasteiger partial charge in [0.15, 0.2) is 0 Å². The van der Waals surface area contributed by atoms with Crippen LogP contribution in [-0.2, 0) is 4.79 Å². The number of nitrogens with one attached hydrogen (secondary N) is 1. The first-order valence-corrected chi connectivity index (χ1v) is 5.97. The van der Waals surface area contributed by atoms with Gasteiger partial charge in [-0.3, -0.25) is 4.79 Å². The van der Waals surface area contributed by atoms with E-state index >= 15 is 0 Å². The molecule has 0 aromatic carbocycles. The van der Waals surface area contributed by atoms with Crippen LogP contribution in [0, 0.1) is 11.3 Å². The third-order valence-corrected chi connectivity index (χ3v) is 2.93. The molecule has 1 rings (SSSR count). The first-order valence-electron chi connectivity index (χ1n) is 5.97. The maximum Gasteiger partial charge on any atom is 0.220 e. The molecule has 1 amide bonds. The van der Waals surface area contributed by atoms with Crippen LogP contribution in [0.15, 0.2) is 23.4 Å². The van der Waals surface area contributed by atoms with E-state index in [1.165, 1.54) is 5.57 Å². The predicted molar refractivity (Wildman–Crippen MR) is 67.8 cm³/mol. The lowest BCUT2D eigenvalue weighted by Crippen LogP contribution is -2.23. The average molecular weight is 221 g/mol. The Morgan fingerprint density at radius 3 is 2.44 bits per heavy atom. The molecule has 16 heavy (non-hydrogen) atoms. The van der Waals surface area contributed by atoms with Crippen LogP contribution < -0.4 is 5.32 Å². The molecule has 0 radical (unpaired) electrons. The van der Waals surface area contributed by atoms with E-state index in [4.69, 9.17) is 0 Å². The summed E-state index contributed by atoms with van der Waals surface area (Å²) in [7, 11) is 0. The van der Waals surface area contributed by atoms with Gasteiger partial charge in [-0.15, -0.1) is 0 Å². The van der Waals surface area contributed by atoms with Crippen molar-refractivity contribution in [2.24, 2.45) is 11.3 Å². The number of rotatable bonds is 2. The summed E-state index contributed by atoms with van der Waals surface area (Å²) in [6.45, 7) is 10.5. The topological polar surface area (TPSA) is 29.1 Å². The molecule has 0 spiro atoms. The zero-order valence-corrected chi connectivity index (χ0v) is 11.1. The van der Waals surface area contributed by atoms with E-state index in [1.807, 2.05) is 0 Å². The van der Waals surface area contributed by atoms with Crippen molar-refractivity contribution < 1.29 is 4.79 Å². The third-order valence-electron chi connectivity index (χ3n) is 2.93. The van der Waals surface area contributed by atoms with Gasteiger partial charge in [0.25, 0.3) is 0 Å². The van der Waals surface area contributed by atoms with E-state index in [0.717, 1.165) is 18.5 Å². The molecule has 0 aliphatic heterocycles. The molecule has 0 bridgehead atoms. The van der Waals surface area contributed by atoms with Gasteiger partial charge in [0.05, 0.1) is 0 Å². The molecule has 1 N–H and O–H groups in total. The van der Waals surface area contributed by atoms with Gasteiger partial charge in [0.1, 0.15) is 0 Å². The van der Waals surface area contributed by atoms with Crippen LogP contribution in [0.4, 0.5) is 0 Å². The molecule has 0 aromatic rings. The number of hydrogen-bond donors (Lipinski definition) is 1. The highest BCUT2D eigenvalue weighted by molar-refractivity contribution is 5.75. The number of allylic oxidation sites excluding steroid dienone is 4. The number of amides is 1. The van der Waals surface area contributed by atoms with E-state index in [2.05, 4.69) is 45.2 Å². The summed E-state index contributed by atoms with van der Waals surface area (Å²) in [6, 6.07) is 0. The lowest BCUT2D eigenvalue weighted by molar-refractivity contribution is -0.118. The van der Waals surface area contributed by atoms with Crippen molar-refractivity contribution in [3.05, 3.63) is 23.4 Å². The summed E-state index contributed by atoms with van der Waals surface area (Å²) in [5.41, 5.74) is 2.72. The van der Waals surface area contributed by atoms with Crippen LogP contribution in [0.3, 0.4) is 0 Å². The van der Waals surface area contributed by atoms with Crippen molar-refractivity contribution in [1.82, 2.24) is 5.32 Å². The molecular formula is C14H23NO. The van der Waals surface area contributed by atoms with Crippen LogP contribution >= 0.6 is 0 Å². The Kier molecular flexibility index (Phi) is 3.95. The monoisotopic (exact) mass is 221 g/mol. The second-order valence-electron chi connectivity index (χ2n) is 5.79. The molecule has 0 atom stereocenters. The van der Waals surface area contributed by atoms with Gasteiger partial charge < -0.3 is 5.32 Å². The standard InChI is InChI=1S/C14H23NO/c1-10(2)12-6-7-13(15-11(3)16)9-14(4,5)8-12/h6-7,10H,8-9H2,1-5H3,(H,15,16). The van der Waals surface area contributed by atoms with Crippen LogP contribution in [0.1, 0.15) is 47.5 Å². The number of carbonyl (C=O) groups excluding carboxylic acids is 1. The Hall–Kier alpha value is -1.05. The van der Waals surface area contributed by atoms with Gasteiger partial charge in [0, 0.05) is 12.6 Å². The second-order valence-corrected chi connectivity index (χ2v) is 5.79. The fraction of sp³-hybridized carbons (Fsp3) is 0.643. The van der Waals surface area contributed by atoms with E-state index < -0.39 is 0 Å². The minimum absolute atomic E-state index is 0.0171. The average Bonchev–Trinajstić information content (AvgIpc) is 2.22. The Morgan fingerprint density at radius 2 is 1.94 bits per heavy atom. The van der Waals surface area contributed by atoms with Crippen LogP contribution in [0.5, 0.6) is 0 Å². The van der Waals surface area contributed by atoms with Gasteiger partial charge in [-0.1, -0.05) is 39.3 Å². The van der Waals surface area contributed by atoms with E-state index in [0.29, 0.717) is 5.92 Å². The van der Waals surface area contributed by atoms with Crippen molar-refractivity contribution in [3.63, 3.8) is 0 Å². The van der Waals surface area contributed by atoms with Gasteiger partial charge in [-0.05, 0) is 30.3 Å². The normalized spacial score (nSPS) is 19.9. The van der Waals surface area contributed by atoms with Crippen molar-refractivity contribution in [2.75, 3.05) is 0 Å². The molecule has 2 nitrogen and oxygen atoms in total. The largest absolute Gasteiger partial charge is 0.330 e. The second kappa shape index (κ2) is 4.86. The first kappa shape index (κ1) is 13.0. The van der Waals surface area contributed by atoms with E-state index in [-0.39, 0.29) is 11.3 Å². The molecule has 0 aromatic heterocycles. The summed E-state index contributed by atoms with van der Waals surface area (Å²) in [5, 5.41) is 2.91. The molecule has 90 valence electrons. The summed E-state index contributed by atoms with van der Waals surface area (Å²) in [4.78, 5) is 11.1. The Bertz CT molecular complexity index is 335. The maximum atomic E-state index is 11.1. The minimum atomic E-state index is 0.0171. The van der Waals surface area contributed by atoms with Crippen molar-refractivity contribution >= 4 is 5.91 Å². The Morgan fingerprint density at radius 1 is 1.31 bits per heavy atom. The van der Waals surface area contributed by atoms with E-state index in [9.17, 15) is 4.79 Å². The fourth-order valence-electron chi connectivity index (χ4n) is 2.16. The van der Waals surface area contributed by atoms with Crippen LogP contribution in [0.25, 0.3) is 0 Å². The Labute approximate surface area is 98.8 Å². The van der Waals surface area contributed by atoms with Gasteiger partial charge in [0.2, 0.25) is 5.91 Å². The Balaban J connectivity index is 2.91. The summed E-state index contributed by atoms with van der Waals surface area (Å²) < 4.78 is 0. The summed E-state index contributed by atoms with van der Waals surface area (Å²) >= 11 is 0. The minimum Gasteiger partial charge on any atom is -0.330 e. The summed E-state index contributed by atoms with van der Waals surface area (Å²) in [6.07, 6.45) is 6.26. The number of hydrogen-bond acceptors (Lipinski definition) is 1. The molecule has 2 heteroatoms. The van der Waals surface area contributed by atoms with Crippen molar-refractivity contribution in [2.45, 2.75) is 47.5 Å². The fourth-order valence-corrected chi connectivity index (χ4v) is 2.16. The molecule has 1 aliphatic carbocycles. The quantitative estimate of drug-likeness (QED) is 0.760. The predicted octanol–water partition coefficient (Wildman–Crippen LogP) is 3.41. The molecule has 0 saturated carbocycles. The van der Waals surface area contributed by atoms with E-state index in [1.54, 1.807) is 6.92 Å². The van der Waals surface area contributed by atoms with Crippen LogP contribution in [-0.4, -0.2) is 5.91 Å². The smallest absolute Gasteiger partial charge is 0.220 e. The molecule has 0 saturated heterocycles. The van der Waals surface area contributed by atoms with Crippen molar-refractivity contribution in [3.8, 4) is 0 Å². The van der Waals surface area contributed by atoms with Crippen LogP contribution in [0.2, 0.25) is 0 Å². The lowest BCUT2D eigenvalue weighted by atomic mass is 9.80. The summed E-state index contributed by atoms with van der Waals surface area (Å²) in [5.74, 6) is 0.593. The number of carbonyl (C=O) groups is 1. The highest BCUT2D eigenvalue weighted by Gasteiger charge is 2.24. The lowest BCUT2D eigenvalue weighted by Gasteiger charge is -2.26. The van der Waals surface area contributed by atoms with Gasteiger partial charge in [-0.2, -0.15) is 0 Å². The molecule has 0 heterocycles. The molecule has 0 fully saturated rings. The first-order chi connectivity index (χ1) is 7.30. The zero-order chi connectivity index (χ0) is 12.3. The van der Waals surface area contributed by atoms with Gasteiger partial charge >= 0.3 is 0 Å². The molecular weight excluding hydrogens is 198 g/mol. The molecule has 0 unspecified atom stereocenters. The highest BCUT2D eigenvalue weighted by atomic mass is 16.1. The van der Waals surface area contributed by atoms with Crippen molar-refractivity contribution in [1.29, 1.82) is 0 Å². The maximum absolute atomic E-state index is 11.1. The van der Waals surface area contributed by atoms with Gasteiger partial charge in [-0.25, -0.2) is 0 Å². The third kappa shape index (κ3) is 3.84. The highest BCUT2D eigenvalue weighted by Crippen LogP contribution is 2.36. The SMILES string of the molecule is CC(=O)NC1=CC=C(C(C)C)CC(C)(C)C1. The zero-order valence-electron chi connectivity index (χ0n) is 11.1. The molecule has 1 aliphatic rings.